The van der Waals surface area contributed by atoms with Crippen LogP contribution in [0.4, 0.5) is 0 Å². The van der Waals surface area contributed by atoms with Crippen molar-refractivity contribution in [2.45, 2.75) is 40.2 Å². The zero-order valence-electron chi connectivity index (χ0n) is 13.0. The van der Waals surface area contributed by atoms with Crippen molar-refractivity contribution in [3.05, 3.63) is 41.0 Å². The summed E-state index contributed by atoms with van der Waals surface area (Å²) in [4.78, 5) is 22.9. The largest absolute Gasteiger partial charge is 0.478 e. The molecule has 1 rings (SSSR count). The molecule has 0 aromatic heterocycles. The van der Waals surface area contributed by atoms with E-state index in [1.807, 2.05) is 13.8 Å². The highest BCUT2D eigenvalue weighted by molar-refractivity contribution is 5.97. The topological polar surface area (TPSA) is 66.4 Å². The lowest BCUT2D eigenvalue weighted by Gasteiger charge is -2.20. The van der Waals surface area contributed by atoms with Gasteiger partial charge in [-0.15, -0.1) is 0 Å². The summed E-state index contributed by atoms with van der Waals surface area (Å²) >= 11 is 0. The number of carboxylic acids is 1. The van der Waals surface area contributed by atoms with Crippen LogP contribution < -0.4 is 5.32 Å². The molecule has 0 aliphatic heterocycles. The fraction of sp³-hybridized carbons (Fsp3) is 0.412. The highest BCUT2D eigenvalue weighted by Crippen LogP contribution is 2.16. The van der Waals surface area contributed by atoms with Crippen molar-refractivity contribution >= 4 is 18.0 Å². The van der Waals surface area contributed by atoms with Crippen LogP contribution in [0.25, 0.3) is 6.08 Å². The molecule has 0 aliphatic rings. The molecule has 0 saturated heterocycles. The molecule has 2 N–H and O–H groups in total. The van der Waals surface area contributed by atoms with E-state index < -0.39 is 5.97 Å². The van der Waals surface area contributed by atoms with Gasteiger partial charge in [0.25, 0.3) is 5.91 Å². The van der Waals surface area contributed by atoms with Gasteiger partial charge in [-0.1, -0.05) is 32.4 Å². The molecule has 21 heavy (non-hydrogen) atoms. The molecule has 0 spiro atoms. The van der Waals surface area contributed by atoms with Gasteiger partial charge in [0, 0.05) is 17.7 Å². The van der Waals surface area contributed by atoms with Crippen LogP contribution in [0.1, 0.15) is 48.7 Å². The minimum absolute atomic E-state index is 0.0973. The summed E-state index contributed by atoms with van der Waals surface area (Å²) in [6, 6.07) is 5.41. The van der Waals surface area contributed by atoms with E-state index in [-0.39, 0.29) is 11.9 Å². The fourth-order valence-electron chi connectivity index (χ4n) is 2.02. The number of aliphatic carboxylic acids is 1. The first-order valence-electron chi connectivity index (χ1n) is 7.18. The number of amides is 1. The molecule has 0 aliphatic carbocycles. The lowest BCUT2D eigenvalue weighted by molar-refractivity contribution is -0.131. The number of carbonyl (C=O) groups excluding carboxylic acids is 1. The lowest BCUT2D eigenvalue weighted by Crippen LogP contribution is -2.37. The van der Waals surface area contributed by atoms with Crippen molar-refractivity contribution in [2.24, 2.45) is 5.92 Å². The fourth-order valence-corrected chi connectivity index (χ4v) is 2.02. The average molecular weight is 289 g/mol. The summed E-state index contributed by atoms with van der Waals surface area (Å²) in [5, 5.41) is 11.7. The molecular weight excluding hydrogens is 266 g/mol. The Bertz CT molecular complexity index is 549. The summed E-state index contributed by atoms with van der Waals surface area (Å²) in [6.07, 6.45) is 3.58. The van der Waals surface area contributed by atoms with E-state index in [1.165, 1.54) is 6.08 Å². The minimum Gasteiger partial charge on any atom is -0.478 e. The molecule has 1 aromatic carbocycles. The SMILES string of the molecule is CCC(C)C(C)NC(=O)c1cccc(C=CC(=O)O)c1C. The summed E-state index contributed by atoms with van der Waals surface area (Å²) < 4.78 is 0. The number of hydrogen-bond acceptors (Lipinski definition) is 2. The zero-order valence-corrected chi connectivity index (χ0v) is 13.0. The molecule has 0 saturated carbocycles. The average Bonchev–Trinajstić information content (AvgIpc) is 2.44. The van der Waals surface area contributed by atoms with Crippen molar-refractivity contribution in [2.75, 3.05) is 0 Å². The molecule has 2 unspecified atom stereocenters. The number of carboxylic acid groups (broad SMARTS) is 1. The number of benzene rings is 1. The van der Waals surface area contributed by atoms with Crippen molar-refractivity contribution < 1.29 is 14.7 Å². The van der Waals surface area contributed by atoms with Gasteiger partial charge in [0.05, 0.1) is 0 Å². The third-order valence-corrected chi connectivity index (χ3v) is 3.88. The summed E-state index contributed by atoms with van der Waals surface area (Å²) in [5.41, 5.74) is 2.10. The third-order valence-electron chi connectivity index (χ3n) is 3.88. The van der Waals surface area contributed by atoms with Gasteiger partial charge in [0.15, 0.2) is 0 Å². The maximum atomic E-state index is 12.3. The maximum absolute atomic E-state index is 12.3. The first-order chi connectivity index (χ1) is 9.86. The van der Waals surface area contributed by atoms with Crippen LogP contribution in [-0.4, -0.2) is 23.0 Å². The van der Waals surface area contributed by atoms with E-state index >= 15 is 0 Å². The van der Waals surface area contributed by atoms with Gasteiger partial charge < -0.3 is 10.4 Å². The molecule has 114 valence electrons. The van der Waals surface area contributed by atoms with Gasteiger partial charge >= 0.3 is 5.97 Å². The molecule has 0 heterocycles. The number of rotatable bonds is 6. The highest BCUT2D eigenvalue weighted by Gasteiger charge is 2.16. The van der Waals surface area contributed by atoms with Gasteiger partial charge in [-0.2, -0.15) is 0 Å². The van der Waals surface area contributed by atoms with Crippen molar-refractivity contribution in [3.63, 3.8) is 0 Å². The maximum Gasteiger partial charge on any atom is 0.328 e. The van der Waals surface area contributed by atoms with E-state index in [2.05, 4.69) is 19.2 Å². The molecule has 1 aromatic rings. The molecule has 0 fully saturated rings. The van der Waals surface area contributed by atoms with Crippen LogP contribution in [0.5, 0.6) is 0 Å². The molecule has 4 nitrogen and oxygen atoms in total. The molecule has 1 amide bonds. The predicted octanol–water partition coefficient (Wildman–Crippen LogP) is 3.26. The normalized spacial score (nSPS) is 13.9. The monoisotopic (exact) mass is 289 g/mol. The first kappa shape index (κ1) is 17.0. The van der Waals surface area contributed by atoms with Gasteiger partial charge in [-0.3, -0.25) is 4.79 Å². The van der Waals surface area contributed by atoms with Crippen LogP contribution in [-0.2, 0) is 4.79 Å². The Kier molecular flexibility index (Phi) is 6.15. The Morgan fingerprint density at radius 3 is 2.57 bits per heavy atom. The van der Waals surface area contributed by atoms with Crippen molar-refractivity contribution in [1.82, 2.24) is 5.32 Å². The number of hydrogen-bond donors (Lipinski definition) is 2. The Balaban J connectivity index is 2.95. The third kappa shape index (κ3) is 4.74. The van der Waals surface area contributed by atoms with Crippen LogP contribution in [0.3, 0.4) is 0 Å². The lowest BCUT2D eigenvalue weighted by atomic mass is 9.98. The molecule has 0 bridgehead atoms. The van der Waals surface area contributed by atoms with Gasteiger partial charge in [0.2, 0.25) is 0 Å². The Morgan fingerprint density at radius 1 is 1.33 bits per heavy atom. The second-order valence-corrected chi connectivity index (χ2v) is 5.34. The summed E-state index contributed by atoms with van der Waals surface area (Å²) in [7, 11) is 0. The van der Waals surface area contributed by atoms with E-state index in [9.17, 15) is 9.59 Å². The highest BCUT2D eigenvalue weighted by atomic mass is 16.4. The number of carbonyl (C=O) groups is 2. The van der Waals surface area contributed by atoms with Crippen LogP contribution >= 0.6 is 0 Å². The van der Waals surface area contributed by atoms with Gasteiger partial charge in [-0.05, 0) is 43.0 Å². The van der Waals surface area contributed by atoms with E-state index in [1.54, 1.807) is 18.2 Å². The molecule has 2 atom stereocenters. The zero-order chi connectivity index (χ0) is 16.0. The standard InChI is InChI=1S/C17H23NO3/c1-5-11(2)13(4)18-17(21)15-8-6-7-14(12(15)3)9-10-16(19)20/h6-11,13H,5H2,1-4H3,(H,18,21)(H,19,20). The molecule has 4 heteroatoms. The first-order valence-corrected chi connectivity index (χ1v) is 7.18. The van der Waals surface area contributed by atoms with Crippen molar-refractivity contribution in [3.8, 4) is 0 Å². The molecular formula is C17H23NO3. The minimum atomic E-state index is -1.00. The van der Waals surface area contributed by atoms with E-state index in [0.29, 0.717) is 11.5 Å². The van der Waals surface area contributed by atoms with E-state index in [4.69, 9.17) is 5.11 Å². The van der Waals surface area contributed by atoms with Gasteiger partial charge in [0.1, 0.15) is 0 Å². The van der Waals surface area contributed by atoms with E-state index in [0.717, 1.165) is 23.6 Å². The van der Waals surface area contributed by atoms with Crippen molar-refractivity contribution in [1.29, 1.82) is 0 Å². The van der Waals surface area contributed by atoms with Gasteiger partial charge in [-0.25, -0.2) is 4.79 Å². The van der Waals surface area contributed by atoms with Crippen LogP contribution in [0, 0.1) is 12.8 Å². The second kappa shape index (κ2) is 7.62. The second-order valence-electron chi connectivity index (χ2n) is 5.34. The summed E-state index contributed by atoms with van der Waals surface area (Å²) in [6.45, 7) is 8.01. The van der Waals surface area contributed by atoms with Crippen LogP contribution in [0.15, 0.2) is 24.3 Å². The Labute approximate surface area is 125 Å². The Morgan fingerprint density at radius 2 is 2.00 bits per heavy atom. The number of nitrogens with one attached hydrogen (secondary N) is 1. The summed E-state index contributed by atoms with van der Waals surface area (Å²) in [5.74, 6) is -0.718. The quantitative estimate of drug-likeness (QED) is 0.790. The van der Waals surface area contributed by atoms with Crippen LogP contribution in [0.2, 0.25) is 0 Å². The Hall–Kier alpha value is -2.10. The predicted molar refractivity (Wildman–Crippen MR) is 84.2 cm³/mol. The molecule has 0 radical (unpaired) electrons. The smallest absolute Gasteiger partial charge is 0.328 e.